The molecule has 114 valence electrons. The SMILES string of the molecule is CCc1ccc(CC2(CCl)CCC(C(C)(C)C)CC2)s1. The van der Waals surface area contributed by atoms with Crippen LogP contribution in [0.1, 0.15) is 63.1 Å². The Morgan fingerprint density at radius 2 is 1.80 bits per heavy atom. The summed E-state index contributed by atoms with van der Waals surface area (Å²) in [4.78, 5) is 3.05. The van der Waals surface area contributed by atoms with Gasteiger partial charge in [0, 0.05) is 15.6 Å². The Bertz CT molecular complexity index is 419. The topological polar surface area (TPSA) is 0 Å². The van der Waals surface area contributed by atoms with E-state index in [4.69, 9.17) is 11.6 Å². The molecule has 1 aliphatic carbocycles. The van der Waals surface area contributed by atoms with Gasteiger partial charge in [-0.05, 0) is 67.4 Å². The molecule has 0 saturated heterocycles. The van der Waals surface area contributed by atoms with Crippen molar-refractivity contribution >= 4 is 22.9 Å². The molecule has 0 aliphatic heterocycles. The monoisotopic (exact) mass is 312 g/mol. The van der Waals surface area contributed by atoms with E-state index in [1.807, 2.05) is 11.3 Å². The number of thiophene rings is 1. The summed E-state index contributed by atoms with van der Waals surface area (Å²) in [7, 11) is 0. The van der Waals surface area contributed by atoms with Crippen LogP contribution in [0.5, 0.6) is 0 Å². The van der Waals surface area contributed by atoms with E-state index in [0.717, 1.165) is 18.2 Å². The average Bonchev–Trinajstić information content (AvgIpc) is 2.85. The Kier molecular flexibility index (Phi) is 5.24. The van der Waals surface area contributed by atoms with Crippen molar-refractivity contribution in [3.63, 3.8) is 0 Å². The van der Waals surface area contributed by atoms with Gasteiger partial charge in [-0.2, -0.15) is 0 Å². The molecular formula is C18H29ClS. The van der Waals surface area contributed by atoms with Crippen LogP contribution in [0.15, 0.2) is 12.1 Å². The molecule has 0 nitrogen and oxygen atoms in total. The van der Waals surface area contributed by atoms with Gasteiger partial charge in [0.25, 0.3) is 0 Å². The van der Waals surface area contributed by atoms with Gasteiger partial charge in [0.2, 0.25) is 0 Å². The van der Waals surface area contributed by atoms with Crippen molar-refractivity contribution in [3.05, 3.63) is 21.9 Å². The zero-order valence-corrected chi connectivity index (χ0v) is 15.0. The summed E-state index contributed by atoms with van der Waals surface area (Å²) < 4.78 is 0. The molecule has 20 heavy (non-hydrogen) atoms. The fourth-order valence-corrected chi connectivity index (χ4v) is 5.02. The quantitative estimate of drug-likeness (QED) is 0.571. The van der Waals surface area contributed by atoms with E-state index >= 15 is 0 Å². The van der Waals surface area contributed by atoms with E-state index in [-0.39, 0.29) is 0 Å². The molecule has 1 aromatic heterocycles. The predicted octanol–water partition coefficient (Wildman–Crippen LogP) is 6.31. The Balaban J connectivity index is 2.01. The molecule has 1 heterocycles. The second kappa shape index (κ2) is 6.40. The van der Waals surface area contributed by atoms with E-state index in [1.165, 1.54) is 41.9 Å². The van der Waals surface area contributed by atoms with Crippen LogP contribution in [-0.2, 0) is 12.8 Å². The first kappa shape index (κ1) is 16.4. The lowest BCUT2D eigenvalue weighted by Gasteiger charge is -2.43. The van der Waals surface area contributed by atoms with E-state index < -0.39 is 0 Å². The van der Waals surface area contributed by atoms with E-state index in [9.17, 15) is 0 Å². The molecule has 0 amide bonds. The third-order valence-electron chi connectivity index (χ3n) is 5.17. The number of alkyl halides is 1. The van der Waals surface area contributed by atoms with Crippen LogP contribution in [0.25, 0.3) is 0 Å². The van der Waals surface area contributed by atoms with Crippen molar-refractivity contribution in [2.75, 3.05) is 5.88 Å². The summed E-state index contributed by atoms with van der Waals surface area (Å²) in [6, 6.07) is 4.62. The fourth-order valence-electron chi connectivity index (χ4n) is 3.53. The van der Waals surface area contributed by atoms with Crippen molar-refractivity contribution in [1.82, 2.24) is 0 Å². The summed E-state index contributed by atoms with van der Waals surface area (Å²) in [5, 5.41) is 0. The minimum absolute atomic E-state index is 0.360. The maximum Gasteiger partial charge on any atom is 0.0283 e. The van der Waals surface area contributed by atoms with Gasteiger partial charge in [-0.25, -0.2) is 0 Å². The second-order valence-corrected chi connectivity index (χ2v) is 9.19. The van der Waals surface area contributed by atoms with Crippen LogP contribution in [0.4, 0.5) is 0 Å². The number of aryl methyl sites for hydroxylation is 1. The molecule has 0 radical (unpaired) electrons. The van der Waals surface area contributed by atoms with Crippen LogP contribution in [0.2, 0.25) is 0 Å². The lowest BCUT2D eigenvalue weighted by Crippen LogP contribution is -2.35. The highest BCUT2D eigenvalue weighted by Gasteiger charge is 2.38. The maximum absolute atomic E-state index is 6.39. The van der Waals surface area contributed by atoms with Crippen molar-refractivity contribution in [2.24, 2.45) is 16.7 Å². The molecule has 0 atom stereocenters. The van der Waals surface area contributed by atoms with Crippen molar-refractivity contribution in [3.8, 4) is 0 Å². The molecule has 1 saturated carbocycles. The van der Waals surface area contributed by atoms with E-state index in [2.05, 4.69) is 39.8 Å². The molecule has 2 heteroatoms. The van der Waals surface area contributed by atoms with E-state index in [0.29, 0.717) is 10.8 Å². The smallest absolute Gasteiger partial charge is 0.0283 e. The molecule has 1 aromatic rings. The summed E-state index contributed by atoms with van der Waals surface area (Å²) in [5.41, 5.74) is 0.815. The lowest BCUT2D eigenvalue weighted by atomic mass is 9.63. The Labute approximate surface area is 133 Å². The number of rotatable bonds is 4. The number of halogens is 1. The highest BCUT2D eigenvalue weighted by atomic mass is 35.5. The molecule has 1 fully saturated rings. The number of hydrogen-bond donors (Lipinski definition) is 0. The molecule has 0 N–H and O–H groups in total. The third kappa shape index (κ3) is 3.80. The Morgan fingerprint density at radius 1 is 1.20 bits per heavy atom. The summed E-state index contributed by atoms with van der Waals surface area (Å²) in [5.74, 6) is 1.69. The van der Waals surface area contributed by atoms with Crippen LogP contribution in [0, 0.1) is 16.7 Å². The van der Waals surface area contributed by atoms with Gasteiger partial charge in [0.15, 0.2) is 0 Å². The van der Waals surface area contributed by atoms with Gasteiger partial charge in [0.05, 0.1) is 0 Å². The van der Waals surface area contributed by atoms with Gasteiger partial charge < -0.3 is 0 Å². The third-order valence-corrected chi connectivity index (χ3v) is 6.97. The average molecular weight is 313 g/mol. The molecule has 0 unspecified atom stereocenters. The van der Waals surface area contributed by atoms with Crippen LogP contribution in [-0.4, -0.2) is 5.88 Å². The molecule has 0 aromatic carbocycles. The van der Waals surface area contributed by atoms with Gasteiger partial charge in [-0.1, -0.05) is 27.7 Å². The molecule has 0 bridgehead atoms. The Hall–Kier alpha value is -0.0100. The lowest BCUT2D eigenvalue weighted by molar-refractivity contribution is 0.102. The van der Waals surface area contributed by atoms with Gasteiger partial charge in [-0.3, -0.25) is 0 Å². The van der Waals surface area contributed by atoms with Crippen LogP contribution in [0.3, 0.4) is 0 Å². The van der Waals surface area contributed by atoms with Crippen molar-refractivity contribution < 1.29 is 0 Å². The largest absolute Gasteiger partial charge is 0.145 e. The predicted molar refractivity (Wildman–Crippen MR) is 92.0 cm³/mol. The summed E-state index contributed by atoms with van der Waals surface area (Å²) in [6.45, 7) is 9.40. The molecule has 0 spiro atoms. The minimum Gasteiger partial charge on any atom is -0.145 e. The highest BCUT2D eigenvalue weighted by molar-refractivity contribution is 7.12. The second-order valence-electron chi connectivity index (χ2n) is 7.67. The maximum atomic E-state index is 6.39. The van der Waals surface area contributed by atoms with Crippen molar-refractivity contribution in [2.45, 2.75) is 66.2 Å². The van der Waals surface area contributed by atoms with Crippen LogP contribution < -0.4 is 0 Å². The normalized spacial score (nSPS) is 27.8. The first-order valence-electron chi connectivity index (χ1n) is 8.02. The van der Waals surface area contributed by atoms with Gasteiger partial charge in [-0.15, -0.1) is 22.9 Å². The van der Waals surface area contributed by atoms with Gasteiger partial charge >= 0.3 is 0 Å². The molecule has 2 rings (SSSR count). The summed E-state index contributed by atoms with van der Waals surface area (Å²) in [6.07, 6.45) is 7.66. The first-order chi connectivity index (χ1) is 9.38. The number of hydrogen-bond acceptors (Lipinski definition) is 1. The standard InChI is InChI=1S/C18H29ClS/c1-5-15-6-7-16(20-15)12-18(13-19)10-8-14(9-11-18)17(2,3)4/h6-7,14H,5,8-13H2,1-4H3. The zero-order chi connectivity index (χ0) is 14.8. The first-order valence-corrected chi connectivity index (χ1v) is 9.37. The minimum atomic E-state index is 0.360. The van der Waals surface area contributed by atoms with Crippen LogP contribution >= 0.6 is 22.9 Å². The van der Waals surface area contributed by atoms with Crippen molar-refractivity contribution in [1.29, 1.82) is 0 Å². The van der Waals surface area contributed by atoms with Gasteiger partial charge in [0.1, 0.15) is 0 Å². The molecular weight excluding hydrogens is 284 g/mol. The zero-order valence-electron chi connectivity index (χ0n) is 13.5. The summed E-state index contributed by atoms with van der Waals surface area (Å²) >= 11 is 8.38. The highest BCUT2D eigenvalue weighted by Crippen LogP contribution is 2.47. The fraction of sp³-hybridized carbons (Fsp3) is 0.778. The molecule has 1 aliphatic rings. The van der Waals surface area contributed by atoms with E-state index in [1.54, 1.807) is 0 Å². The Morgan fingerprint density at radius 3 is 2.25 bits per heavy atom.